The van der Waals surface area contributed by atoms with Gasteiger partial charge in [0.1, 0.15) is 11.5 Å². The van der Waals surface area contributed by atoms with Crippen LogP contribution in [0.5, 0.6) is 11.5 Å². The van der Waals surface area contributed by atoms with Crippen molar-refractivity contribution in [1.82, 2.24) is 5.43 Å². The Labute approximate surface area is 135 Å². The molecule has 1 amide bonds. The third-order valence-corrected chi connectivity index (χ3v) is 3.26. The number of rotatable bonds is 6. The number of nitrogens with zero attached hydrogens (tertiary/aromatic N) is 1. The molecule has 0 aromatic heterocycles. The molecule has 0 saturated carbocycles. The lowest BCUT2D eigenvalue weighted by molar-refractivity contribution is 0.0954. The minimum Gasteiger partial charge on any atom is -0.508 e. The molecule has 0 spiro atoms. The Morgan fingerprint density at radius 2 is 1.65 bits per heavy atom. The van der Waals surface area contributed by atoms with Gasteiger partial charge in [0.2, 0.25) is 0 Å². The largest absolute Gasteiger partial charge is 0.508 e. The van der Waals surface area contributed by atoms with Crippen LogP contribution in [0.3, 0.4) is 0 Å². The van der Waals surface area contributed by atoms with Gasteiger partial charge in [-0.05, 0) is 67.4 Å². The Balaban J connectivity index is 2.07. The van der Waals surface area contributed by atoms with Gasteiger partial charge in [0.15, 0.2) is 0 Å². The molecule has 2 aromatic rings. The van der Waals surface area contributed by atoms with Crippen molar-refractivity contribution in [3.8, 4) is 11.5 Å². The summed E-state index contributed by atoms with van der Waals surface area (Å²) >= 11 is 0. The zero-order valence-corrected chi connectivity index (χ0v) is 13.2. The maximum atomic E-state index is 12.1. The van der Waals surface area contributed by atoms with Gasteiger partial charge in [0, 0.05) is 5.56 Å². The molecule has 0 bridgehead atoms. The number of phenolic OH excluding ortho intramolecular Hbond substituents is 1. The van der Waals surface area contributed by atoms with Gasteiger partial charge in [0.25, 0.3) is 5.91 Å². The summed E-state index contributed by atoms with van der Waals surface area (Å²) in [6.07, 6.45) is 0.661. The van der Waals surface area contributed by atoms with Gasteiger partial charge in [-0.15, -0.1) is 0 Å². The Morgan fingerprint density at radius 1 is 1.04 bits per heavy atom. The quantitative estimate of drug-likeness (QED) is 0.635. The number of benzene rings is 2. The van der Waals surface area contributed by atoms with E-state index in [1.807, 2.05) is 13.8 Å². The van der Waals surface area contributed by atoms with Crippen molar-refractivity contribution in [3.05, 3.63) is 59.7 Å². The van der Waals surface area contributed by atoms with E-state index in [0.29, 0.717) is 18.6 Å². The minimum atomic E-state index is -0.280. The van der Waals surface area contributed by atoms with Crippen molar-refractivity contribution in [2.75, 3.05) is 6.61 Å². The van der Waals surface area contributed by atoms with Crippen LogP contribution in [0.15, 0.2) is 53.6 Å². The maximum Gasteiger partial charge on any atom is 0.271 e. The predicted octanol–water partition coefficient (Wildman–Crippen LogP) is 3.34. The number of aromatic hydroxyl groups is 1. The second kappa shape index (κ2) is 7.98. The summed E-state index contributed by atoms with van der Waals surface area (Å²) < 4.78 is 5.34. The van der Waals surface area contributed by atoms with Crippen LogP contribution in [0.4, 0.5) is 0 Å². The minimum absolute atomic E-state index is 0.197. The number of carbonyl (C=O) groups excluding carboxylic acids is 1. The summed E-state index contributed by atoms with van der Waals surface area (Å²) in [5.74, 6) is 0.645. The zero-order valence-electron chi connectivity index (χ0n) is 13.2. The number of phenols is 1. The molecule has 120 valence electrons. The van der Waals surface area contributed by atoms with Crippen molar-refractivity contribution >= 4 is 11.6 Å². The van der Waals surface area contributed by atoms with Crippen LogP contribution in [-0.4, -0.2) is 23.3 Å². The molecule has 5 heteroatoms. The molecule has 23 heavy (non-hydrogen) atoms. The van der Waals surface area contributed by atoms with Crippen LogP contribution in [0.1, 0.15) is 36.2 Å². The monoisotopic (exact) mass is 312 g/mol. The standard InChI is InChI=1S/C18H20N2O3/c1-3-17(13-5-9-15(21)10-6-13)19-20-18(22)14-7-11-16(12-8-14)23-4-2/h5-12,21H,3-4H2,1-2H3,(H,20,22)/b19-17+. The fraction of sp³-hybridized carbons (Fsp3) is 0.222. The third-order valence-electron chi connectivity index (χ3n) is 3.26. The average Bonchev–Trinajstić information content (AvgIpc) is 2.57. The third kappa shape index (κ3) is 4.57. The summed E-state index contributed by atoms with van der Waals surface area (Å²) in [6, 6.07) is 13.6. The second-order valence-corrected chi connectivity index (χ2v) is 4.86. The highest BCUT2D eigenvalue weighted by Crippen LogP contribution is 2.13. The number of ether oxygens (including phenoxy) is 1. The van der Waals surface area contributed by atoms with Crippen molar-refractivity contribution < 1.29 is 14.6 Å². The van der Waals surface area contributed by atoms with Crippen molar-refractivity contribution in [2.24, 2.45) is 5.10 Å². The van der Waals surface area contributed by atoms with Crippen molar-refractivity contribution in [2.45, 2.75) is 20.3 Å². The number of hydrogen-bond donors (Lipinski definition) is 2. The lowest BCUT2D eigenvalue weighted by atomic mass is 10.1. The van der Waals surface area contributed by atoms with Gasteiger partial charge < -0.3 is 9.84 Å². The highest BCUT2D eigenvalue weighted by Gasteiger charge is 2.06. The number of carbonyl (C=O) groups is 1. The van der Waals surface area contributed by atoms with Gasteiger partial charge in [-0.2, -0.15) is 5.10 Å². The van der Waals surface area contributed by atoms with Crippen molar-refractivity contribution in [3.63, 3.8) is 0 Å². The molecule has 0 radical (unpaired) electrons. The van der Waals surface area contributed by atoms with Gasteiger partial charge in [-0.1, -0.05) is 6.92 Å². The predicted molar refractivity (Wildman–Crippen MR) is 90.0 cm³/mol. The summed E-state index contributed by atoms with van der Waals surface area (Å²) in [4.78, 5) is 12.1. The molecule has 0 unspecified atom stereocenters. The van der Waals surface area contributed by atoms with Gasteiger partial charge in [0.05, 0.1) is 12.3 Å². The SMILES string of the molecule is CCOc1ccc(C(=O)N/N=C(\CC)c2ccc(O)cc2)cc1. The first-order chi connectivity index (χ1) is 11.1. The fourth-order valence-electron chi connectivity index (χ4n) is 2.05. The van der Waals surface area contributed by atoms with E-state index >= 15 is 0 Å². The van der Waals surface area contributed by atoms with E-state index in [1.165, 1.54) is 0 Å². The first-order valence-electron chi connectivity index (χ1n) is 7.53. The molecular weight excluding hydrogens is 292 g/mol. The smallest absolute Gasteiger partial charge is 0.271 e. The lowest BCUT2D eigenvalue weighted by Gasteiger charge is -2.06. The number of amides is 1. The number of hydrazone groups is 1. The number of hydrogen-bond acceptors (Lipinski definition) is 4. The van der Waals surface area contributed by atoms with E-state index in [4.69, 9.17) is 4.74 Å². The normalized spacial score (nSPS) is 11.1. The van der Waals surface area contributed by atoms with E-state index in [9.17, 15) is 9.90 Å². The lowest BCUT2D eigenvalue weighted by Crippen LogP contribution is -2.19. The van der Waals surface area contributed by atoms with E-state index in [1.54, 1.807) is 48.5 Å². The topological polar surface area (TPSA) is 70.9 Å². The molecule has 0 aliphatic rings. The van der Waals surface area contributed by atoms with Crippen LogP contribution in [0.25, 0.3) is 0 Å². The Bertz CT molecular complexity index is 676. The molecule has 2 N–H and O–H groups in total. The summed E-state index contributed by atoms with van der Waals surface area (Å²) in [7, 11) is 0. The van der Waals surface area contributed by atoms with Gasteiger partial charge in [-0.3, -0.25) is 4.79 Å². The number of nitrogens with one attached hydrogen (secondary N) is 1. The first-order valence-corrected chi connectivity index (χ1v) is 7.53. The first kappa shape index (κ1) is 16.5. The summed E-state index contributed by atoms with van der Waals surface area (Å²) in [5, 5.41) is 13.5. The molecule has 0 fully saturated rings. The summed E-state index contributed by atoms with van der Waals surface area (Å²) in [6.45, 7) is 4.45. The molecular formula is C18H20N2O3. The molecule has 0 atom stereocenters. The van der Waals surface area contributed by atoms with Gasteiger partial charge in [-0.25, -0.2) is 5.43 Å². The molecule has 5 nitrogen and oxygen atoms in total. The molecule has 0 aliphatic heterocycles. The molecule has 2 aromatic carbocycles. The van der Waals surface area contributed by atoms with Crippen LogP contribution >= 0.6 is 0 Å². The van der Waals surface area contributed by atoms with Crippen molar-refractivity contribution in [1.29, 1.82) is 0 Å². The van der Waals surface area contributed by atoms with Crippen LogP contribution in [-0.2, 0) is 0 Å². The molecule has 0 saturated heterocycles. The second-order valence-electron chi connectivity index (χ2n) is 4.86. The van der Waals surface area contributed by atoms with Crippen LogP contribution in [0.2, 0.25) is 0 Å². The average molecular weight is 312 g/mol. The Kier molecular flexibility index (Phi) is 5.74. The van der Waals surface area contributed by atoms with Gasteiger partial charge >= 0.3 is 0 Å². The maximum absolute atomic E-state index is 12.1. The molecule has 0 aliphatic carbocycles. The highest BCUT2D eigenvalue weighted by molar-refractivity contribution is 6.02. The van der Waals surface area contributed by atoms with E-state index in [-0.39, 0.29) is 11.7 Å². The van der Waals surface area contributed by atoms with Crippen LogP contribution < -0.4 is 10.2 Å². The Morgan fingerprint density at radius 3 is 2.22 bits per heavy atom. The van der Waals surface area contributed by atoms with E-state index in [2.05, 4.69) is 10.5 Å². The molecule has 2 rings (SSSR count). The van der Waals surface area contributed by atoms with E-state index in [0.717, 1.165) is 17.0 Å². The zero-order chi connectivity index (χ0) is 16.7. The van der Waals surface area contributed by atoms with Crippen LogP contribution in [0, 0.1) is 0 Å². The summed E-state index contributed by atoms with van der Waals surface area (Å²) in [5.41, 5.74) is 4.67. The molecule has 0 heterocycles. The fourth-order valence-corrected chi connectivity index (χ4v) is 2.05. The Hall–Kier alpha value is -2.82. The highest BCUT2D eigenvalue weighted by atomic mass is 16.5. The van der Waals surface area contributed by atoms with E-state index < -0.39 is 0 Å².